The smallest absolute Gasteiger partial charge is 0.316 e. The van der Waals surface area contributed by atoms with E-state index in [-0.39, 0.29) is 31.4 Å². The largest absolute Gasteiger partial charge is 0.467 e. The average Bonchev–Trinajstić information content (AvgIpc) is 2.65. The van der Waals surface area contributed by atoms with Crippen LogP contribution in [-0.4, -0.2) is 23.4 Å². The lowest BCUT2D eigenvalue weighted by atomic mass is 10.1. The van der Waals surface area contributed by atoms with E-state index in [4.69, 9.17) is 14.2 Å². The van der Waals surface area contributed by atoms with Crippen LogP contribution in [0.5, 0.6) is 5.75 Å². The van der Waals surface area contributed by atoms with Gasteiger partial charge in [-0.3, -0.25) is 14.9 Å². The number of halogens is 1. The van der Waals surface area contributed by atoms with Gasteiger partial charge in [-0.25, -0.2) is 0 Å². The summed E-state index contributed by atoms with van der Waals surface area (Å²) in [6, 6.07) is 8.59. The number of nitro benzene ring substituents is 1. The third kappa shape index (κ3) is 5.00. The van der Waals surface area contributed by atoms with Crippen LogP contribution in [0.2, 0.25) is 0 Å². The van der Waals surface area contributed by atoms with Crippen LogP contribution in [0.1, 0.15) is 16.7 Å². The van der Waals surface area contributed by atoms with Crippen molar-refractivity contribution in [3.8, 4) is 5.75 Å². The molecule has 0 saturated carbocycles. The van der Waals surface area contributed by atoms with E-state index in [1.54, 1.807) is 0 Å². The van der Waals surface area contributed by atoms with Gasteiger partial charge in [-0.1, -0.05) is 15.9 Å². The number of rotatable bonds is 6. The van der Waals surface area contributed by atoms with Gasteiger partial charge in [-0.05, 0) is 30.7 Å². The van der Waals surface area contributed by atoms with Crippen molar-refractivity contribution in [1.29, 1.82) is 0 Å². The summed E-state index contributed by atoms with van der Waals surface area (Å²) in [6.07, 6.45) is 0. The van der Waals surface area contributed by atoms with Crippen molar-refractivity contribution in [2.24, 2.45) is 0 Å². The second-order valence-electron chi connectivity index (χ2n) is 5.82. The summed E-state index contributed by atoms with van der Waals surface area (Å²) in [5, 5.41) is 11.1. The van der Waals surface area contributed by atoms with Crippen LogP contribution in [0.4, 0.5) is 5.69 Å². The first-order valence-corrected chi connectivity index (χ1v) is 9.77. The van der Waals surface area contributed by atoms with Crippen molar-refractivity contribution in [2.75, 3.05) is 12.5 Å². The Bertz CT molecular complexity index is 888. The van der Waals surface area contributed by atoms with Gasteiger partial charge < -0.3 is 14.2 Å². The maximum Gasteiger partial charge on any atom is 0.316 e. The highest BCUT2D eigenvalue weighted by molar-refractivity contribution is 9.10. The number of hydrogen-bond donors (Lipinski definition) is 0. The highest BCUT2D eigenvalue weighted by atomic mass is 79.9. The average molecular weight is 454 g/mol. The van der Waals surface area contributed by atoms with Crippen LogP contribution in [0.3, 0.4) is 0 Å². The van der Waals surface area contributed by atoms with Gasteiger partial charge in [-0.2, -0.15) is 0 Å². The molecule has 0 unspecified atom stereocenters. The number of aryl methyl sites for hydroxylation is 1. The molecular formula is C18H16BrNO6S. The molecule has 9 heteroatoms. The van der Waals surface area contributed by atoms with E-state index < -0.39 is 10.9 Å². The molecule has 0 bridgehead atoms. The number of benzene rings is 2. The Hall–Kier alpha value is -2.10. The molecule has 0 saturated heterocycles. The van der Waals surface area contributed by atoms with Crippen molar-refractivity contribution in [3.05, 3.63) is 61.6 Å². The Labute approximate surface area is 168 Å². The number of nitro groups is 1. The molecule has 142 valence electrons. The number of nitrogens with zero attached hydrogens (tertiary/aromatic N) is 1. The molecule has 0 atom stereocenters. The summed E-state index contributed by atoms with van der Waals surface area (Å²) < 4.78 is 16.9. The highest BCUT2D eigenvalue weighted by Crippen LogP contribution is 2.33. The standard InChI is InChI=1S/C18H16BrNO6S/c1-11-4-14(19)2-3-16(11)27-9-17(21)25-8-13-6-15(20(22)23)5-12-7-24-10-26-18(12)13/h2-6H,7-10H2,1H3. The molecule has 0 aliphatic carbocycles. The second kappa shape index (κ2) is 8.73. The fourth-order valence-corrected chi connectivity index (χ4v) is 3.89. The number of carbonyl (C=O) groups is 1. The number of carbonyl (C=O) groups excluding carboxylic acids is 1. The van der Waals surface area contributed by atoms with Gasteiger partial charge in [0.2, 0.25) is 0 Å². The summed E-state index contributed by atoms with van der Waals surface area (Å²) in [7, 11) is 0. The van der Waals surface area contributed by atoms with E-state index in [9.17, 15) is 14.9 Å². The molecule has 2 aromatic rings. The van der Waals surface area contributed by atoms with Gasteiger partial charge in [0.25, 0.3) is 5.69 Å². The molecule has 0 fully saturated rings. The zero-order chi connectivity index (χ0) is 19.4. The van der Waals surface area contributed by atoms with Crippen LogP contribution >= 0.6 is 27.7 Å². The number of thioether (sulfide) groups is 1. The van der Waals surface area contributed by atoms with Crippen molar-refractivity contribution in [1.82, 2.24) is 0 Å². The van der Waals surface area contributed by atoms with E-state index in [0.717, 1.165) is 14.9 Å². The van der Waals surface area contributed by atoms with Crippen LogP contribution in [-0.2, 0) is 27.5 Å². The fraction of sp³-hybridized carbons (Fsp3) is 0.278. The van der Waals surface area contributed by atoms with Crippen LogP contribution in [0.25, 0.3) is 0 Å². The normalized spacial score (nSPS) is 12.8. The van der Waals surface area contributed by atoms with E-state index in [0.29, 0.717) is 16.9 Å². The van der Waals surface area contributed by atoms with E-state index in [1.807, 2.05) is 25.1 Å². The Morgan fingerprint density at radius 1 is 1.37 bits per heavy atom. The van der Waals surface area contributed by atoms with Gasteiger partial charge in [0.1, 0.15) is 12.4 Å². The first-order chi connectivity index (χ1) is 12.9. The maximum atomic E-state index is 12.1. The summed E-state index contributed by atoms with van der Waals surface area (Å²) in [5.74, 6) is 0.217. The van der Waals surface area contributed by atoms with Gasteiger partial charge >= 0.3 is 5.97 Å². The monoisotopic (exact) mass is 453 g/mol. The molecule has 1 aliphatic rings. The number of esters is 1. The molecule has 2 aromatic carbocycles. The summed E-state index contributed by atoms with van der Waals surface area (Å²) in [5.41, 5.74) is 2.00. The summed E-state index contributed by atoms with van der Waals surface area (Å²) >= 11 is 4.78. The molecule has 27 heavy (non-hydrogen) atoms. The maximum absolute atomic E-state index is 12.1. The third-order valence-corrected chi connectivity index (χ3v) is 5.50. The molecule has 1 aliphatic heterocycles. The molecule has 0 spiro atoms. The van der Waals surface area contributed by atoms with E-state index >= 15 is 0 Å². The van der Waals surface area contributed by atoms with Crippen LogP contribution in [0, 0.1) is 17.0 Å². The molecule has 7 nitrogen and oxygen atoms in total. The molecule has 0 aromatic heterocycles. The Morgan fingerprint density at radius 3 is 2.93 bits per heavy atom. The van der Waals surface area contributed by atoms with Gasteiger partial charge in [0.15, 0.2) is 6.79 Å². The van der Waals surface area contributed by atoms with Crippen molar-refractivity contribution in [2.45, 2.75) is 25.0 Å². The van der Waals surface area contributed by atoms with Gasteiger partial charge in [0, 0.05) is 32.6 Å². The van der Waals surface area contributed by atoms with E-state index in [2.05, 4.69) is 15.9 Å². The number of ether oxygens (including phenoxy) is 3. The second-order valence-corrected chi connectivity index (χ2v) is 7.75. The Kier molecular flexibility index (Phi) is 6.35. The fourth-order valence-electron chi connectivity index (χ4n) is 2.60. The molecule has 0 radical (unpaired) electrons. The van der Waals surface area contributed by atoms with Crippen LogP contribution < -0.4 is 4.74 Å². The minimum Gasteiger partial charge on any atom is -0.467 e. The Balaban J connectivity index is 1.64. The lowest BCUT2D eigenvalue weighted by Crippen LogP contribution is -2.15. The number of hydrogen-bond acceptors (Lipinski definition) is 7. The van der Waals surface area contributed by atoms with Crippen LogP contribution in [0.15, 0.2) is 39.7 Å². The van der Waals surface area contributed by atoms with Gasteiger partial charge in [-0.15, -0.1) is 11.8 Å². The lowest BCUT2D eigenvalue weighted by molar-refractivity contribution is -0.385. The topological polar surface area (TPSA) is 87.9 Å². The molecule has 1 heterocycles. The third-order valence-electron chi connectivity index (χ3n) is 3.85. The first-order valence-electron chi connectivity index (χ1n) is 7.99. The van der Waals surface area contributed by atoms with Crippen molar-refractivity contribution >= 4 is 39.3 Å². The van der Waals surface area contributed by atoms with Crippen molar-refractivity contribution < 1.29 is 23.9 Å². The van der Waals surface area contributed by atoms with E-state index in [1.165, 1.54) is 23.9 Å². The molecule has 0 N–H and O–H groups in total. The number of non-ortho nitro benzene ring substituents is 1. The zero-order valence-electron chi connectivity index (χ0n) is 14.4. The Morgan fingerprint density at radius 2 is 2.19 bits per heavy atom. The summed E-state index contributed by atoms with van der Waals surface area (Å²) in [6.45, 7) is 2.15. The highest BCUT2D eigenvalue weighted by Gasteiger charge is 2.21. The molecule has 0 amide bonds. The SMILES string of the molecule is Cc1cc(Br)ccc1SCC(=O)OCc1cc([N+](=O)[O-])cc2c1OCOC2. The zero-order valence-corrected chi connectivity index (χ0v) is 16.8. The van der Waals surface area contributed by atoms with Gasteiger partial charge in [0.05, 0.1) is 17.3 Å². The molecule has 3 rings (SSSR count). The van der Waals surface area contributed by atoms with Crippen molar-refractivity contribution in [3.63, 3.8) is 0 Å². The predicted octanol–water partition coefficient (Wildman–Crippen LogP) is 4.37. The number of fused-ring (bicyclic) bond motifs is 1. The molecular weight excluding hydrogens is 438 g/mol. The quantitative estimate of drug-likeness (QED) is 0.277. The minimum atomic E-state index is -0.494. The first kappa shape index (κ1) is 19.7. The lowest BCUT2D eigenvalue weighted by Gasteiger charge is -2.20. The summed E-state index contributed by atoms with van der Waals surface area (Å²) in [4.78, 5) is 23.7. The predicted molar refractivity (Wildman–Crippen MR) is 103 cm³/mol. The minimum absolute atomic E-state index is 0.0600.